The van der Waals surface area contributed by atoms with Gasteiger partial charge in [-0.05, 0) is 31.0 Å². The maximum absolute atomic E-state index is 5.99. The first-order valence-electron chi connectivity index (χ1n) is 6.51. The van der Waals surface area contributed by atoms with E-state index in [4.69, 9.17) is 27.9 Å². The molecule has 0 radical (unpaired) electrons. The van der Waals surface area contributed by atoms with E-state index in [2.05, 4.69) is 10.3 Å². The largest absolute Gasteiger partial charge is 0.457 e. The molecule has 2 aromatic rings. The molecule has 0 amide bonds. The third-order valence-electron chi connectivity index (χ3n) is 3.14. The molecule has 1 heterocycles. The van der Waals surface area contributed by atoms with Gasteiger partial charge in [-0.1, -0.05) is 23.2 Å². The van der Waals surface area contributed by atoms with Gasteiger partial charge in [0.1, 0.15) is 11.5 Å². The lowest BCUT2D eigenvalue weighted by Crippen LogP contribution is -2.15. The monoisotopic (exact) mass is 308 g/mol. The fourth-order valence-corrected chi connectivity index (χ4v) is 2.14. The number of nitrogens with one attached hydrogen (secondary N) is 1. The molecule has 0 unspecified atom stereocenters. The van der Waals surface area contributed by atoms with Crippen molar-refractivity contribution in [3.63, 3.8) is 0 Å². The number of ether oxygens (including phenoxy) is 1. The lowest BCUT2D eigenvalue weighted by atomic mass is 10.2. The molecule has 1 N–H and O–H groups in total. The van der Waals surface area contributed by atoms with Gasteiger partial charge in [0.25, 0.3) is 0 Å². The minimum Gasteiger partial charge on any atom is -0.457 e. The zero-order valence-corrected chi connectivity index (χ0v) is 12.3. The van der Waals surface area contributed by atoms with E-state index in [1.165, 1.54) is 12.8 Å². The van der Waals surface area contributed by atoms with Crippen LogP contribution in [-0.4, -0.2) is 11.0 Å². The second-order valence-electron chi connectivity index (χ2n) is 4.82. The van der Waals surface area contributed by atoms with E-state index in [-0.39, 0.29) is 0 Å². The first kappa shape index (κ1) is 13.7. The van der Waals surface area contributed by atoms with Crippen molar-refractivity contribution in [2.75, 3.05) is 0 Å². The quantitative estimate of drug-likeness (QED) is 0.887. The van der Waals surface area contributed by atoms with E-state index in [1.54, 1.807) is 24.4 Å². The molecule has 3 rings (SSSR count). The van der Waals surface area contributed by atoms with Gasteiger partial charge in [0, 0.05) is 36.6 Å². The first-order valence-corrected chi connectivity index (χ1v) is 7.27. The summed E-state index contributed by atoms with van der Waals surface area (Å²) in [5.74, 6) is 1.45. The predicted octanol–water partition coefficient (Wildman–Crippen LogP) is 4.43. The SMILES string of the molecule is Clc1ccc(Oc2ccncc2CNC2CC2)cc1Cl. The molecule has 1 aliphatic rings. The average molecular weight is 309 g/mol. The number of rotatable bonds is 5. The number of pyridine rings is 1. The van der Waals surface area contributed by atoms with Gasteiger partial charge in [-0.25, -0.2) is 0 Å². The number of halogens is 2. The van der Waals surface area contributed by atoms with Crippen molar-refractivity contribution in [3.8, 4) is 11.5 Å². The molecule has 1 saturated carbocycles. The van der Waals surface area contributed by atoms with Crippen molar-refractivity contribution >= 4 is 23.2 Å². The minimum absolute atomic E-state index is 0.482. The van der Waals surface area contributed by atoms with Crippen molar-refractivity contribution in [3.05, 3.63) is 52.3 Å². The fourth-order valence-electron chi connectivity index (χ4n) is 1.86. The van der Waals surface area contributed by atoms with E-state index in [0.29, 0.717) is 21.8 Å². The van der Waals surface area contributed by atoms with Crippen molar-refractivity contribution in [1.82, 2.24) is 10.3 Å². The third kappa shape index (κ3) is 3.42. The molecule has 1 fully saturated rings. The standard InChI is InChI=1S/C15H14Cl2N2O/c16-13-4-3-12(7-14(13)17)20-15-5-6-18-8-10(15)9-19-11-1-2-11/h3-8,11,19H,1-2,9H2. The van der Waals surface area contributed by atoms with Crippen LogP contribution < -0.4 is 10.1 Å². The molecule has 0 atom stereocenters. The van der Waals surface area contributed by atoms with Gasteiger partial charge in [-0.3, -0.25) is 4.98 Å². The second kappa shape index (κ2) is 6.00. The summed E-state index contributed by atoms with van der Waals surface area (Å²) in [6.07, 6.45) is 6.04. The maximum atomic E-state index is 5.99. The molecule has 0 saturated heterocycles. The molecule has 1 aromatic carbocycles. The molecule has 0 spiro atoms. The van der Waals surface area contributed by atoms with Gasteiger partial charge >= 0.3 is 0 Å². The van der Waals surface area contributed by atoms with Crippen LogP contribution in [0.3, 0.4) is 0 Å². The van der Waals surface area contributed by atoms with E-state index < -0.39 is 0 Å². The van der Waals surface area contributed by atoms with Crippen LogP contribution in [0.2, 0.25) is 10.0 Å². The van der Waals surface area contributed by atoms with Crippen molar-refractivity contribution in [2.45, 2.75) is 25.4 Å². The number of hydrogen-bond donors (Lipinski definition) is 1. The topological polar surface area (TPSA) is 34.1 Å². The summed E-state index contributed by atoms with van der Waals surface area (Å²) >= 11 is 11.9. The Bertz CT molecular complexity index is 615. The van der Waals surface area contributed by atoms with Crippen molar-refractivity contribution in [2.24, 2.45) is 0 Å². The fraction of sp³-hybridized carbons (Fsp3) is 0.267. The first-order chi connectivity index (χ1) is 9.72. The Kier molecular flexibility index (Phi) is 4.10. The van der Waals surface area contributed by atoms with Crippen molar-refractivity contribution in [1.29, 1.82) is 0 Å². The van der Waals surface area contributed by atoms with Gasteiger partial charge in [0.05, 0.1) is 10.0 Å². The molecular formula is C15H14Cl2N2O. The molecule has 104 valence electrons. The maximum Gasteiger partial charge on any atom is 0.134 e. The Morgan fingerprint density at radius 1 is 1.20 bits per heavy atom. The van der Waals surface area contributed by atoms with Gasteiger partial charge in [0.15, 0.2) is 0 Å². The summed E-state index contributed by atoms with van der Waals surface area (Å²) in [4.78, 5) is 4.15. The lowest BCUT2D eigenvalue weighted by Gasteiger charge is -2.11. The van der Waals surface area contributed by atoms with Crippen LogP contribution in [0, 0.1) is 0 Å². The van der Waals surface area contributed by atoms with E-state index >= 15 is 0 Å². The average Bonchev–Trinajstić information content (AvgIpc) is 3.26. The Morgan fingerprint density at radius 3 is 2.80 bits per heavy atom. The Hall–Kier alpha value is -1.29. The molecule has 0 bridgehead atoms. The van der Waals surface area contributed by atoms with Gasteiger partial charge in [-0.2, -0.15) is 0 Å². The second-order valence-corrected chi connectivity index (χ2v) is 5.63. The lowest BCUT2D eigenvalue weighted by molar-refractivity contribution is 0.471. The van der Waals surface area contributed by atoms with Crippen LogP contribution in [-0.2, 0) is 6.54 Å². The molecule has 1 aromatic heterocycles. The normalized spacial score (nSPS) is 14.3. The molecule has 3 nitrogen and oxygen atoms in total. The minimum atomic E-state index is 0.482. The summed E-state index contributed by atoms with van der Waals surface area (Å²) in [6, 6.07) is 7.73. The van der Waals surface area contributed by atoms with Crippen LogP contribution in [0.5, 0.6) is 11.5 Å². The highest BCUT2D eigenvalue weighted by molar-refractivity contribution is 6.42. The predicted molar refractivity (Wildman–Crippen MR) is 80.6 cm³/mol. The zero-order chi connectivity index (χ0) is 13.9. The van der Waals surface area contributed by atoms with Crippen LogP contribution in [0.4, 0.5) is 0 Å². The molecule has 0 aliphatic heterocycles. The number of benzene rings is 1. The van der Waals surface area contributed by atoms with Gasteiger partial charge < -0.3 is 10.1 Å². The van der Waals surface area contributed by atoms with Crippen molar-refractivity contribution < 1.29 is 4.74 Å². The molecule has 1 aliphatic carbocycles. The summed E-state index contributed by atoms with van der Waals surface area (Å²) in [7, 11) is 0. The molecular weight excluding hydrogens is 295 g/mol. The Balaban J connectivity index is 1.76. The number of aromatic nitrogens is 1. The third-order valence-corrected chi connectivity index (χ3v) is 3.88. The van der Waals surface area contributed by atoms with Gasteiger partial charge in [0.2, 0.25) is 0 Å². The zero-order valence-electron chi connectivity index (χ0n) is 10.8. The molecule has 5 heteroatoms. The summed E-state index contributed by atoms with van der Waals surface area (Å²) in [5, 5.41) is 4.45. The summed E-state index contributed by atoms with van der Waals surface area (Å²) in [5.41, 5.74) is 1.03. The highest BCUT2D eigenvalue weighted by atomic mass is 35.5. The van der Waals surface area contributed by atoms with Crippen LogP contribution in [0.1, 0.15) is 18.4 Å². The molecule has 20 heavy (non-hydrogen) atoms. The van der Waals surface area contributed by atoms with E-state index in [9.17, 15) is 0 Å². The smallest absolute Gasteiger partial charge is 0.134 e. The van der Waals surface area contributed by atoms with Crippen LogP contribution in [0.15, 0.2) is 36.7 Å². The highest BCUT2D eigenvalue weighted by Gasteiger charge is 2.20. The highest BCUT2D eigenvalue weighted by Crippen LogP contribution is 2.31. The number of hydrogen-bond acceptors (Lipinski definition) is 3. The van der Waals surface area contributed by atoms with E-state index in [1.807, 2.05) is 12.3 Å². The Labute approximate surface area is 127 Å². The Morgan fingerprint density at radius 2 is 2.05 bits per heavy atom. The number of nitrogens with zero attached hydrogens (tertiary/aromatic N) is 1. The summed E-state index contributed by atoms with van der Waals surface area (Å²) in [6.45, 7) is 0.759. The van der Waals surface area contributed by atoms with E-state index in [0.717, 1.165) is 17.9 Å². The van der Waals surface area contributed by atoms with Crippen LogP contribution in [0.25, 0.3) is 0 Å². The van der Waals surface area contributed by atoms with Gasteiger partial charge in [-0.15, -0.1) is 0 Å². The summed E-state index contributed by atoms with van der Waals surface area (Å²) < 4.78 is 5.87. The van der Waals surface area contributed by atoms with Crippen LogP contribution >= 0.6 is 23.2 Å².